The first-order valence-electron chi connectivity index (χ1n) is 14.9. The molecule has 0 radical (unpaired) electrons. The Morgan fingerprint density at radius 1 is 1.20 bits per heavy atom. The van der Waals surface area contributed by atoms with Crippen molar-refractivity contribution in [2.45, 2.75) is 84.9 Å². The summed E-state index contributed by atoms with van der Waals surface area (Å²) in [6.45, 7) is 12.6. The number of nitrogens with one attached hydrogen (secondary N) is 1. The summed E-state index contributed by atoms with van der Waals surface area (Å²) in [6.07, 6.45) is 8.74. The molecule has 1 saturated carbocycles. The molecular weight excluding hydrogens is 516 g/mol. The van der Waals surface area contributed by atoms with Gasteiger partial charge in [-0.05, 0) is 96.0 Å². The van der Waals surface area contributed by atoms with Crippen LogP contribution in [0.5, 0.6) is 5.88 Å². The predicted molar refractivity (Wildman–Crippen MR) is 161 cm³/mol. The van der Waals surface area contributed by atoms with Crippen LogP contribution in [0.25, 0.3) is 0 Å². The van der Waals surface area contributed by atoms with Gasteiger partial charge in [0, 0.05) is 60.1 Å². The van der Waals surface area contributed by atoms with Gasteiger partial charge in [-0.1, -0.05) is 18.2 Å². The van der Waals surface area contributed by atoms with Gasteiger partial charge in [-0.2, -0.15) is 0 Å². The minimum absolute atomic E-state index is 0.0856. The Kier molecular flexibility index (Phi) is 8.04. The fourth-order valence-corrected chi connectivity index (χ4v) is 6.67. The highest BCUT2D eigenvalue weighted by Gasteiger charge is 2.55. The van der Waals surface area contributed by atoms with Crippen molar-refractivity contribution in [3.05, 3.63) is 64.4 Å². The van der Waals surface area contributed by atoms with Gasteiger partial charge in [-0.3, -0.25) is 4.79 Å². The number of ether oxygens (including phenoxy) is 2. The molecule has 1 spiro atoms. The van der Waals surface area contributed by atoms with E-state index in [1.165, 1.54) is 0 Å². The summed E-state index contributed by atoms with van der Waals surface area (Å²) < 4.78 is 11.1. The maximum Gasteiger partial charge on any atom is 0.410 e. The number of anilines is 1. The van der Waals surface area contributed by atoms with Crippen LogP contribution in [-0.2, 0) is 24.1 Å². The molecule has 2 aliphatic heterocycles. The highest BCUT2D eigenvalue weighted by atomic mass is 16.6. The van der Waals surface area contributed by atoms with Gasteiger partial charge in [0.2, 0.25) is 5.88 Å². The average Bonchev–Trinajstić information content (AvgIpc) is 2.86. The lowest BCUT2D eigenvalue weighted by Gasteiger charge is -2.61. The van der Waals surface area contributed by atoms with Crippen molar-refractivity contribution >= 4 is 17.7 Å². The Bertz CT molecular complexity index is 1330. The highest BCUT2D eigenvalue weighted by molar-refractivity contribution is 5.97. The number of carbonyl (C=O) groups is 2. The van der Waals surface area contributed by atoms with E-state index in [1.54, 1.807) is 7.11 Å². The van der Waals surface area contributed by atoms with E-state index < -0.39 is 5.60 Å². The molecule has 1 aromatic heterocycles. The molecule has 0 atom stereocenters. The SMILES string of the molecule is CCN(c1cccc2c1C/C=C\CCc1cc(C)nc(OC)c1CNC2=O)C1CC2(C1)CN(C(=O)OC(C)(C)C)C2. The molecule has 0 unspecified atom stereocenters. The molecule has 8 nitrogen and oxygen atoms in total. The number of benzene rings is 1. The third kappa shape index (κ3) is 6.07. The van der Waals surface area contributed by atoms with Crippen molar-refractivity contribution in [2.24, 2.45) is 5.41 Å². The molecule has 1 aromatic carbocycles. The van der Waals surface area contributed by atoms with Gasteiger partial charge in [0.1, 0.15) is 5.60 Å². The van der Waals surface area contributed by atoms with Crippen molar-refractivity contribution in [3.63, 3.8) is 0 Å². The third-order valence-electron chi connectivity index (χ3n) is 8.52. The Labute approximate surface area is 244 Å². The van der Waals surface area contributed by atoms with E-state index in [4.69, 9.17) is 9.47 Å². The Morgan fingerprint density at radius 2 is 1.95 bits per heavy atom. The number of nitrogens with zero attached hydrogens (tertiary/aromatic N) is 3. The number of methoxy groups -OCH3 is 1. The maximum absolute atomic E-state index is 13.6. The zero-order valence-electron chi connectivity index (χ0n) is 25.4. The van der Waals surface area contributed by atoms with Gasteiger partial charge in [-0.25, -0.2) is 9.78 Å². The number of allylic oxidation sites excluding steroid dienone is 2. The van der Waals surface area contributed by atoms with Crippen LogP contribution in [0.15, 0.2) is 36.4 Å². The van der Waals surface area contributed by atoms with E-state index in [9.17, 15) is 9.59 Å². The number of carbonyl (C=O) groups excluding carboxylic acids is 2. The molecule has 1 N–H and O–H groups in total. The fourth-order valence-electron chi connectivity index (χ4n) is 6.67. The lowest BCUT2D eigenvalue weighted by molar-refractivity contribution is -0.0779. The molecule has 5 rings (SSSR count). The van der Waals surface area contributed by atoms with E-state index >= 15 is 0 Å². The number of aromatic nitrogens is 1. The summed E-state index contributed by atoms with van der Waals surface area (Å²) in [4.78, 5) is 34.9. The fraction of sp³-hybridized carbons (Fsp3) is 0.545. The Balaban J connectivity index is 1.33. The summed E-state index contributed by atoms with van der Waals surface area (Å²) in [5, 5.41) is 3.16. The van der Waals surface area contributed by atoms with Crippen molar-refractivity contribution in [1.29, 1.82) is 0 Å². The second-order valence-corrected chi connectivity index (χ2v) is 12.8. The summed E-state index contributed by atoms with van der Waals surface area (Å²) >= 11 is 0. The number of amides is 2. The Morgan fingerprint density at radius 3 is 2.63 bits per heavy atom. The Hall–Kier alpha value is -3.55. The second kappa shape index (κ2) is 11.4. The molecule has 220 valence electrons. The van der Waals surface area contributed by atoms with Crippen LogP contribution in [-0.4, -0.2) is 60.3 Å². The lowest BCUT2D eigenvalue weighted by Crippen LogP contribution is -2.68. The minimum Gasteiger partial charge on any atom is -0.481 e. The molecule has 3 heterocycles. The predicted octanol–water partition coefficient (Wildman–Crippen LogP) is 5.60. The van der Waals surface area contributed by atoms with E-state index in [-0.39, 0.29) is 17.4 Å². The van der Waals surface area contributed by atoms with Crippen molar-refractivity contribution in [2.75, 3.05) is 31.6 Å². The summed E-state index contributed by atoms with van der Waals surface area (Å²) in [6, 6.07) is 8.55. The second-order valence-electron chi connectivity index (χ2n) is 12.8. The van der Waals surface area contributed by atoms with Crippen molar-refractivity contribution in [3.8, 4) is 5.88 Å². The maximum atomic E-state index is 13.6. The normalized spacial score (nSPS) is 19.4. The summed E-state index contributed by atoms with van der Waals surface area (Å²) in [5.41, 5.74) is 5.60. The smallest absolute Gasteiger partial charge is 0.410 e. The molecule has 8 heteroatoms. The first kappa shape index (κ1) is 29.0. The third-order valence-corrected chi connectivity index (χ3v) is 8.52. The molecule has 2 fully saturated rings. The molecule has 3 aliphatic rings. The standard InChI is InChI=1S/C33H44N4O4/c1-7-37(24-17-33(18-24)20-36(21-33)31(39)41-32(3,4)5)28-15-11-14-26-25(28)13-10-8-9-12-23-16-22(2)35-30(40-6)27(23)19-34-29(26)38/h8,10-11,14-16,24H,7,9,12-13,17-21H2,1-6H3,(H,34,38)/b10-8-. The molecule has 0 bridgehead atoms. The van der Waals surface area contributed by atoms with Gasteiger partial charge >= 0.3 is 6.09 Å². The molecule has 1 aliphatic carbocycles. The number of likely N-dealkylation sites (tertiary alicyclic amines) is 1. The number of hydrogen-bond donors (Lipinski definition) is 1. The number of hydrogen-bond acceptors (Lipinski definition) is 6. The lowest BCUT2D eigenvalue weighted by atomic mass is 9.60. The molecule has 2 aromatic rings. The first-order chi connectivity index (χ1) is 19.5. The van der Waals surface area contributed by atoms with Crippen LogP contribution in [0, 0.1) is 12.3 Å². The van der Waals surface area contributed by atoms with E-state index in [2.05, 4.69) is 46.4 Å². The summed E-state index contributed by atoms with van der Waals surface area (Å²) in [7, 11) is 1.63. The molecular formula is C33H44N4O4. The van der Waals surface area contributed by atoms with Crippen LogP contribution in [0.4, 0.5) is 10.5 Å². The minimum atomic E-state index is -0.479. The van der Waals surface area contributed by atoms with Crippen LogP contribution >= 0.6 is 0 Å². The number of rotatable bonds is 4. The monoisotopic (exact) mass is 560 g/mol. The zero-order chi connectivity index (χ0) is 29.4. The van der Waals surface area contributed by atoms with Gasteiger partial charge in [0.25, 0.3) is 5.91 Å². The molecule has 1 saturated heterocycles. The first-order valence-corrected chi connectivity index (χ1v) is 14.9. The largest absolute Gasteiger partial charge is 0.481 e. The van der Waals surface area contributed by atoms with Crippen molar-refractivity contribution < 1.29 is 19.1 Å². The molecule has 2 amide bonds. The summed E-state index contributed by atoms with van der Waals surface area (Å²) in [5.74, 6) is 0.491. The van der Waals surface area contributed by atoms with Gasteiger partial charge in [0.15, 0.2) is 0 Å². The average molecular weight is 561 g/mol. The van der Waals surface area contributed by atoms with Gasteiger partial charge in [0.05, 0.1) is 7.11 Å². The zero-order valence-corrected chi connectivity index (χ0v) is 25.4. The number of pyridine rings is 1. The highest BCUT2D eigenvalue weighted by Crippen LogP contribution is 2.51. The number of aryl methyl sites for hydroxylation is 2. The topological polar surface area (TPSA) is 84.0 Å². The van der Waals surface area contributed by atoms with E-state index in [1.807, 2.05) is 44.7 Å². The van der Waals surface area contributed by atoms with Crippen LogP contribution in [0.2, 0.25) is 0 Å². The number of fused-ring (bicyclic) bond motifs is 2. The van der Waals surface area contributed by atoms with Crippen molar-refractivity contribution in [1.82, 2.24) is 15.2 Å². The van der Waals surface area contributed by atoms with Crippen LogP contribution in [0.1, 0.15) is 79.7 Å². The van der Waals surface area contributed by atoms with Crippen LogP contribution in [0.3, 0.4) is 0 Å². The molecule has 41 heavy (non-hydrogen) atoms. The van der Waals surface area contributed by atoms with Gasteiger partial charge < -0.3 is 24.6 Å². The van der Waals surface area contributed by atoms with Crippen LogP contribution < -0.4 is 15.0 Å². The van der Waals surface area contributed by atoms with E-state index in [0.29, 0.717) is 30.5 Å². The quantitative estimate of drug-likeness (QED) is 0.490. The van der Waals surface area contributed by atoms with E-state index in [0.717, 1.165) is 73.4 Å². The van der Waals surface area contributed by atoms with Gasteiger partial charge in [-0.15, -0.1) is 0 Å².